The third kappa shape index (κ3) is 6.22. The summed E-state index contributed by atoms with van der Waals surface area (Å²) in [5.41, 5.74) is 0.958. The average Bonchev–Trinajstić information content (AvgIpc) is 3.78. The van der Waals surface area contributed by atoms with Crippen molar-refractivity contribution in [2.24, 2.45) is 0 Å². The van der Waals surface area contributed by atoms with Gasteiger partial charge in [-0.2, -0.15) is 4.31 Å². The molecule has 6 rings (SSSR count). The van der Waals surface area contributed by atoms with Crippen molar-refractivity contribution in [3.8, 4) is 11.6 Å². The molecule has 1 aromatic carbocycles. The monoisotopic (exact) mass is 636 g/mol. The molecule has 1 aromatic heterocycles. The number of ether oxygens (including phenoxy) is 3. The first-order chi connectivity index (χ1) is 20.5. The van der Waals surface area contributed by atoms with Crippen LogP contribution in [0, 0.1) is 6.92 Å². The molecule has 3 fully saturated rings. The average molecular weight is 637 g/mol. The number of sulfonamides is 1. The number of piperidine rings is 1. The molecule has 2 saturated heterocycles. The van der Waals surface area contributed by atoms with Gasteiger partial charge >= 0.3 is 0 Å². The van der Waals surface area contributed by atoms with Crippen LogP contribution in [-0.2, 0) is 24.6 Å². The molecule has 2 unspecified atom stereocenters. The van der Waals surface area contributed by atoms with E-state index in [1.165, 1.54) is 16.6 Å². The molecule has 2 atom stereocenters. The van der Waals surface area contributed by atoms with E-state index < -0.39 is 31.6 Å². The Bertz CT molecular complexity index is 1560. The van der Waals surface area contributed by atoms with Crippen LogP contribution in [0.1, 0.15) is 37.7 Å². The number of anilines is 1. The maximum Gasteiger partial charge on any atom is 0.244 e. The SMILES string of the molecule is Cc1c(S(=O)(=O)N2CCC3(CC2)CC(NCC(O)COc2cccc(S(=O)(=O)C4CC4)c2)CO3)cnc2c1N(C)CCO2. The molecule has 2 N–H and O–H groups in total. The van der Waals surface area contributed by atoms with Gasteiger partial charge in [-0.25, -0.2) is 21.8 Å². The van der Waals surface area contributed by atoms with Crippen molar-refractivity contribution >= 4 is 25.5 Å². The molecule has 1 aliphatic carbocycles. The number of likely N-dealkylation sites (N-methyl/N-ethyl adjacent to an activating group) is 1. The summed E-state index contributed by atoms with van der Waals surface area (Å²) in [6.45, 7) is 4.47. The van der Waals surface area contributed by atoms with Crippen LogP contribution in [0.4, 0.5) is 5.69 Å². The van der Waals surface area contributed by atoms with E-state index in [4.69, 9.17) is 14.2 Å². The number of aliphatic hydroxyl groups excluding tert-OH is 1. The molecule has 0 bridgehead atoms. The van der Waals surface area contributed by atoms with Gasteiger partial charge in [0.05, 0.1) is 35.1 Å². The predicted molar refractivity (Wildman–Crippen MR) is 159 cm³/mol. The van der Waals surface area contributed by atoms with Crippen molar-refractivity contribution in [2.45, 2.75) is 71.8 Å². The van der Waals surface area contributed by atoms with Gasteiger partial charge in [0.15, 0.2) is 9.84 Å². The van der Waals surface area contributed by atoms with Gasteiger partial charge in [-0.3, -0.25) is 0 Å². The van der Waals surface area contributed by atoms with E-state index in [0.29, 0.717) is 75.7 Å². The molecule has 2 aromatic rings. The summed E-state index contributed by atoms with van der Waals surface area (Å²) < 4.78 is 71.3. The number of sulfone groups is 1. The first-order valence-electron chi connectivity index (χ1n) is 14.8. The summed E-state index contributed by atoms with van der Waals surface area (Å²) in [6.07, 6.45) is 3.88. The Balaban J connectivity index is 0.983. The smallest absolute Gasteiger partial charge is 0.244 e. The maximum absolute atomic E-state index is 13.6. The Morgan fingerprint density at radius 3 is 2.70 bits per heavy atom. The number of pyridine rings is 1. The molecule has 4 heterocycles. The van der Waals surface area contributed by atoms with Gasteiger partial charge in [0.2, 0.25) is 15.9 Å². The molecule has 1 saturated carbocycles. The van der Waals surface area contributed by atoms with Crippen molar-refractivity contribution in [3.05, 3.63) is 36.0 Å². The van der Waals surface area contributed by atoms with Crippen molar-refractivity contribution in [1.82, 2.24) is 14.6 Å². The highest BCUT2D eigenvalue weighted by molar-refractivity contribution is 7.92. The fourth-order valence-corrected chi connectivity index (χ4v) is 9.52. The number of aromatic nitrogens is 1. The van der Waals surface area contributed by atoms with Gasteiger partial charge < -0.3 is 29.5 Å². The van der Waals surface area contributed by atoms with Crippen LogP contribution in [0.2, 0.25) is 0 Å². The fraction of sp³-hybridized carbons (Fsp3) is 0.621. The van der Waals surface area contributed by atoms with E-state index >= 15 is 0 Å². The van der Waals surface area contributed by atoms with Crippen LogP contribution in [0.5, 0.6) is 11.6 Å². The summed E-state index contributed by atoms with van der Waals surface area (Å²) >= 11 is 0. The van der Waals surface area contributed by atoms with E-state index in [9.17, 15) is 21.9 Å². The third-order valence-electron chi connectivity index (χ3n) is 8.92. The van der Waals surface area contributed by atoms with Crippen LogP contribution in [0.3, 0.4) is 0 Å². The molecule has 1 spiro atoms. The molecular formula is C29H40N4O8S2. The van der Waals surface area contributed by atoms with E-state index in [0.717, 1.165) is 12.1 Å². The van der Waals surface area contributed by atoms with Crippen LogP contribution in [-0.4, -0.2) is 107 Å². The lowest BCUT2D eigenvalue weighted by Gasteiger charge is -2.38. The number of nitrogens with zero attached hydrogens (tertiary/aromatic N) is 3. The molecule has 14 heteroatoms. The summed E-state index contributed by atoms with van der Waals surface area (Å²) in [6, 6.07) is 6.45. The Morgan fingerprint density at radius 1 is 1.19 bits per heavy atom. The standard InChI is InChI=1S/C29H40N4O8S2/c1-20-26(17-31-28-27(20)32(2)12-13-39-28)43(37,38)33-10-8-29(9-11-33)15-21(18-41-29)30-16-22(34)19-40-23-4-3-5-25(14-23)42(35,36)24-6-7-24/h3-5,14,17,21-22,24,30,34H,6-13,15-16,18-19H2,1-2H3. The summed E-state index contributed by atoms with van der Waals surface area (Å²) in [5.74, 6) is 0.873. The van der Waals surface area contributed by atoms with E-state index in [-0.39, 0.29) is 34.2 Å². The zero-order valence-corrected chi connectivity index (χ0v) is 26.2. The molecule has 0 radical (unpaired) electrons. The second-order valence-corrected chi connectivity index (χ2v) is 16.2. The largest absolute Gasteiger partial charge is 0.491 e. The minimum atomic E-state index is -3.74. The second-order valence-electron chi connectivity index (χ2n) is 12.1. The van der Waals surface area contributed by atoms with Crippen LogP contribution in [0.15, 0.2) is 40.3 Å². The van der Waals surface area contributed by atoms with Crippen molar-refractivity contribution in [1.29, 1.82) is 0 Å². The van der Waals surface area contributed by atoms with Gasteiger partial charge in [-0.1, -0.05) is 6.07 Å². The molecular weight excluding hydrogens is 596 g/mol. The molecule has 0 amide bonds. The lowest BCUT2D eigenvalue weighted by Crippen LogP contribution is -2.47. The number of benzene rings is 1. The van der Waals surface area contributed by atoms with Crippen LogP contribution < -0.4 is 19.7 Å². The van der Waals surface area contributed by atoms with Crippen LogP contribution >= 0.6 is 0 Å². The number of aliphatic hydroxyl groups is 1. The molecule has 12 nitrogen and oxygen atoms in total. The normalized spacial score (nSPS) is 23.1. The second kappa shape index (κ2) is 11.8. The Hall–Kier alpha value is -2.49. The maximum atomic E-state index is 13.6. The van der Waals surface area contributed by atoms with Gasteiger partial charge in [-0.05, 0) is 62.8 Å². The van der Waals surface area contributed by atoms with Crippen molar-refractivity contribution < 1.29 is 36.2 Å². The van der Waals surface area contributed by atoms with Crippen LogP contribution in [0.25, 0.3) is 0 Å². The number of hydrogen-bond donors (Lipinski definition) is 2. The lowest BCUT2D eigenvalue weighted by atomic mass is 9.88. The number of nitrogens with one attached hydrogen (secondary N) is 1. The van der Waals surface area contributed by atoms with Gasteiger partial charge in [0.1, 0.15) is 35.7 Å². The molecule has 4 aliphatic rings. The minimum absolute atomic E-state index is 0.0182. The van der Waals surface area contributed by atoms with Gasteiger partial charge in [-0.15, -0.1) is 0 Å². The van der Waals surface area contributed by atoms with Crippen molar-refractivity contribution in [3.63, 3.8) is 0 Å². The Morgan fingerprint density at radius 2 is 1.95 bits per heavy atom. The summed E-state index contributed by atoms with van der Waals surface area (Å²) in [4.78, 5) is 6.74. The predicted octanol–water partition coefficient (Wildman–Crippen LogP) is 1.50. The topological polar surface area (TPSA) is 148 Å². The Kier molecular flexibility index (Phi) is 8.37. The lowest BCUT2D eigenvalue weighted by molar-refractivity contribution is -0.0312. The number of rotatable bonds is 10. The molecule has 236 valence electrons. The fourth-order valence-electron chi connectivity index (χ4n) is 6.22. The Labute approximate surface area is 253 Å². The summed E-state index contributed by atoms with van der Waals surface area (Å²) in [7, 11) is -5.13. The van der Waals surface area contributed by atoms with Crippen molar-refractivity contribution in [2.75, 3.05) is 57.9 Å². The van der Waals surface area contributed by atoms with E-state index in [1.54, 1.807) is 25.1 Å². The first-order valence-corrected chi connectivity index (χ1v) is 17.8. The quantitative estimate of drug-likeness (QED) is 0.391. The molecule has 3 aliphatic heterocycles. The zero-order chi connectivity index (χ0) is 30.4. The molecule has 43 heavy (non-hydrogen) atoms. The highest BCUT2D eigenvalue weighted by Gasteiger charge is 2.45. The number of fused-ring (bicyclic) bond motifs is 1. The third-order valence-corrected chi connectivity index (χ3v) is 13.2. The number of hydrogen-bond acceptors (Lipinski definition) is 11. The highest BCUT2D eigenvalue weighted by atomic mass is 32.2. The van der Waals surface area contributed by atoms with E-state index in [2.05, 4.69) is 10.3 Å². The summed E-state index contributed by atoms with van der Waals surface area (Å²) in [5, 5.41) is 13.6. The van der Waals surface area contributed by atoms with Gasteiger partial charge in [0, 0.05) is 32.7 Å². The first kappa shape index (κ1) is 30.5. The van der Waals surface area contributed by atoms with E-state index in [1.807, 2.05) is 11.9 Å². The van der Waals surface area contributed by atoms with Gasteiger partial charge in [0.25, 0.3) is 0 Å². The minimum Gasteiger partial charge on any atom is -0.491 e. The highest BCUT2D eigenvalue weighted by Crippen LogP contribution is 2.40. The zero-order valence-electron chi connectivity index (χ0n) is 24.6.